The number of aliphatic hydroxyl groups is 1. The Kier molecular flexibility index (Phi) is 4.52. The third-order valence-corrected chi connectivity index (χ3v) is 2.91. The van der Waals surface area contributed by atoms with Gasteiger partial charge in [0.15, 0.2) is 0 Å². The molecule has 0 radical (unpaired) electrons. The lowest BCUT2D eigenvalue weighted by Crippen LogP contribution is -2.46. The number of aliphatic hydroxyl groups excluding tert-OH is 1. The maximum Gasteiger partial charge on any atom is 0.326 e. The smallest absolute Gasteiger partial charge is 0.326 e. The van der Waals surface area contributed by atoms with E-state index in [2.05, 4.69) is 10.0 Å². The summed E-state index contributed by atoms with van der Waals surface area (Å²) in [4.78, 5) is 26.8. The van der Waals surface area contributed by atoms with Crippen molar-refractivity contribution in [3.8, 4) is 0 Å². The van der Waals surface area contributed by atoms with Gasteiger partial charge in [0.05, 0.1) is 6.10 Å². The molecule has 1 saturated heterocycles. The number of rotatable bonds is 4. The van der Waals surface area contributed by atoms with Crippen molar-refractivity contribution in [2.45, 2.75) is 38.5 Å². The topological polar surface area (TPSA) is 127 Å². The van der Waals surface area contributed by atoms with Crippen molar-refractivity contribution >= 4 is 11.9 Å². The van der Waals surface area contributed by atoms with Crippen LogP contribution in [0.4, 0.5) is 0 Å². The lowest BCUT2D eigenvalue weighted by atomic mass is 10.0. The molecule has 1 aliphatic rings. The highest BCUT2D eigenvalue weighted by Gasteiger charge is 2.41. The molecule has 0 aromatic rings. The highest BCUT2D eigenvalue weighted by Crippen LogP contribution is 2.22. The van der Waals surface area contributed by atoms with Crippen LogP contribution in [0, 0.1) is 5.92 Å². The SMILES string of the molecule is CC(C)[C@H](N=[N+]=[N-])C(=O)N1C[C@H](O)C[C@H]1C(=O)O. The van der Waals surface area contributed by atoms with Gasteiger partial charge in [0, 0.05) is 17.9 Å². The maximum absolute atomic E-state index is 12.1. The zero-order valence-electron chi connectivity index (χ0n) is 10.2. The molecule has 100 valence electrons. The van der Waals surface area contributed by atoms with Crippen molar-refractivity contribution in [2.24, 2.45) is 11.0 Å². The van der Waals surface area contributed by atoms with E-state index in [1.54, 1.807) is 13.8 Å². The second-order valence-corrected chi connectivity index (χ2v) is 4.63. The summed E-state index contributed by atoms with van der Waals surface area (Å²) in [5, 5.41) is 21.9. The molecule has 0 unspecified atom stereocenters. The summed E-state index contributed by atoms with van der Waals surface area (Å²) in [6, 6.07) is -2.00. The van der Waals surface area contributed by atoms with Crippen molar-refractivity contribution < 1.29 is 19.8 Å². The number of carboxylic acid groups (broad SMARTS) is 1. The Balaban J connectivity index is 2.93. The van der Waals surface area contributed by atoms with Crippen molar-refractivity contribution in [3.05, 3.63) is 10.4 Å². The van der Waals surface area contributed by atoms with Gasteiger partial charge in [-0.1, -0.05) is 19.0 Å². The van der Waals surface area contributed by atoms with Crippen molar-refractivity contribution in [3.63, 3.8) is 0 Å². The van der Waals surface area contributed by atoms with Crippen LogP contribution in [0.2, 0.25) is 0 Å². The molecule has 0 aliphatic carbocycles. The van der Waals surface area contributed by atoms with E-state index in [1.165, 1.54) is 0 Å². The van der Waals surface area contributed by atoms with Crippen LogP contribution in [0.15, 0.2) is 5.11 Å². The first-order valence-corrected chi connectivity index (χ1v) is 5.64. The van der Waals surface area contributed by atoms with Crippen LogP contribution < -0.4 is 0 Å². The first kappa shape index (κ1) is 14.3. The van der Waals surface area contributed by atoms with Crippen LogP contribution in [0.5, 0.6) is 0 Å². The molecular formula is C10H16N4O4. The van der Waals surface area contributed by atoms with Gasteiger partial charge in [-0.05, 0) is 11.4 Å². The molecule has 18 heavy (non-hydrogen) atoms. The van der Waals surface area contributed by atoms with Gasteiger partial charge in [-0.25, -0.2) is 4.79 Å². The molecule has 1 amide bonds. The number of carboxylic acids is 1. The molecule has 0 aromatic heterocycles. The lowest BCUT2D eigenvalue weighted by Gasteiger charge is -2.25. The van der Waals surface area contributed by atoms with Crippen LogP contribution in [-0.2, 0) is 9.59 Å². The Bertz CT molecular complexity index is 391. The van der Waals surface area contributed by atoms with Crippen LogP contribution in [-0.4, -0.2) is 51.7 Å². The molecule has 1 rings (SSSR count). The van der Waals surface area contributed by atoms with E-state index >= 15 is 0 Å². The molecule has 0 aromatic carbocycles. The van der Waals surface area contributed by atoms with Gasteiger partial charge in [0.1, 0.15) is 12.1 Å². The Morgan fingerprint density at radius 2 is 2.11 bits per heavy atom. The van der Waals surface area contributed by atoms with Crippen LogP contribution >= 0.6 is 0 Å². The number of likely N-dealkylation sites (tertiary alicyclic amines) is 1. The number of β-amino-alcohol motifs (C(OH)–C–C–N with tert-alkyl or cyclic N) is 1. The van der Waals surface area contributed by atoms with Crippen molar-refractivity contribution in [1.29, 1.82) is 0 Å². The molecule has 0 saturated carbocycles. The molecule has 1 fully saturated rings. The van der Waals surface area contributed by atoms with E-state index in [9.17, 15) is 14.7 Å². The second-order valence-electron chi connectivity index (χ2n) is 4.63. The molecule has 8 nitrogen and oxygen atoms in total. The first-order valence-electron chi connectivity index (χ1n) is 5.64. The molecule has 1 heterocycles. The highest BCUT2D eigenvalue weighted by atomic mass is 16.4. The van der Waals surface area contributed by atoms with Gasteiger partial charge in [0.25, 0.3) is 0 Å². The minimum atomic E-state index is -1.16. The third-order valence-electron chi connectivity index (χ3n) is 2.91. The summed E-state index contributed by atoms with van der Waals surface area (Å²) >= 11 is 0. The van der Waals surface area contributed by atoms with Gasteiger partial charge in [-0.2, -0.15) is 0 Å². The molecule has 0 spiro atoms. The summed E-state index contributed by atoms with van der Waals surface area (Å²) in [6.45, 7) is 3.37. The molecule has 3 atom stereocenters. The molecule has 1 aliphatic heterocycles. The Labute approximate surface area is 104 Å². The van der Waals surface area contributed by atoms with Gasteiger partial charge in [-0.3, -0.25) is 4.79 Å². The summed E-state index contributed by atoms with van der Waals surface area (Å²) in [5.74, 6) is -1.95. The summed E-state index contributed by atoms with van der Waals surface area (Å²) < 4.78 is 0. The third kappa shape index (κ3) is 2.91. The number of hydrogen-bond acceptors (Lipinski definition) is 4. The van der Waals surface area contributed by atoms with E-state index in [4.69, 9.17) is 10.6 Å². The number of carbonyl (C=O) groups is 2. The molecule has 8 heteroatoms. The standard InChI is InChI=1S/C10H16N4O4/c1-5(2)8(12-13-11)9(16)14-4-6(15)3-7(14)10(17)18/h5-8,15H,3-4H2,1-2H3,(H,17,18)/t6-,7+,8+/m1/s1. The number of aliphatic carboxylic acids is 1. The average molecular weight is 256 g/mol. The van der Waals surface area contributed by atoms with Crippen molar-refractivity contribution in [2.75, 3.05) is 6.54 Å². The van der Waals surface area contributed by atoms with Crippen LogP contribution in [0.1, 0.15) is 20.3 Å². The van der Waals surface area contributed by atoms with Crippen molar-refractivity contribution in [1.82, 2.24) is 4.90 Å². The van der Waals surface area contributed by atoms with Gasteiger partial charge in [0.2, 0.25) is 5.91 Å². The number of carbonyl (C=O) groups excluding carboxylic acids is 1. The van der Waals surface area contributed by atoms with E-state index in [1.807, 2.05) is 0 Å². The molecular weight excluding hydrogens is 240 g/mol. The largest absolute Gasteiger partial charge is 0.480 e. The molecule has 2 N–H and O–H groups in total. The fourth-order valence-electron chi connectivity index (χ4n) is 1.98. The monoisotopic (exact) mass is 256 g/mol. The Hall–Kier alpha value is -1.79. The fraction of sp³-hybridized carbons (Fsp3) is 0.800. The quantitative estimate of drug-likeness (QED) is 0.428. The Morgan fingerprint density at radius 3 is 2.56 bits per heavy atom. The highest BCUT2D eigenvalue weighted by molar-refractivity contribution is 5.88. The van der Waals surface area contributed by atoms with Gasteiger partial charge in [-0.15, -0.1) is 0 Å². The summed E-state index contributed by atoms with van der Waals surface area (Å²) in [7, 11) is 0. The minimum absolute atomic E-state index is 0.00214. The predicted molar refractivity (Wildman–Crippen MR) is 61.5 cm³/mol. The fourth-order valence-corrected chi connectivity index (χ4v) is 1.98. The van der Waals surface area contributed by atoms with Crippen LogP contribution in [0.25, 0.3) is 10.4 Å². The number of amides is 1. The minimum Gasteiger partial charge on any atom is -0.480 e. The second kappa shape index (κ2) is 5.70. The maximum atomic E-state index is 12.1. The lowest BCUT2D eigenvalue weighted by molar-refractivity contribution is -0.149. The molecule has 0 bridgehead atoms. The van der Waals surface area contributed by atoms with E-state index in [-0.39, 0.29) is 18.9 Å². The predicted octanol–water partition coefficient (Wildman–Crippen LogP) is 0.368. The zero-order chi connectivity index (χ0) is 13.9. The van der Waals surface area contributed by atoms with Gasteiger partial charge < -0.3 is 15.1 Å². The normalized spacial score (nSPS) is 24.8. The first-order chi connectivity index (χ1) is 8.38. The van der Waals surface area contributed by atoms with Gasteiger partial charge >= 0.3 is 5.97 Å². The van der Waals surface area contributed by atoms with E-state index in [0.29, 0.717) is 0 Å². The average Bonchev–Trinajstić information content (AvgIpc) is 2.67. The van der Waals surface area contributed by atoms with E-state index in [0.717, 1.165) is 4.90 Å². The van der Waals surface area contributed by atoms with Crippen LogP contribution in [0.3, 0.4) is 0 Å². The number of nitrogens with zero attached hydrogens (tertiary/aromatic N) is 4. The van der Waals surface area contributed by atoms with E-state index < -0.39 is 30.1 Å². The summed E-state index contributed by atoms with van der Waals surface area (Å²) in [6.07, 6.45) is -0.851. The number of hydrogen-bond donors (Lipinski definition) is 2. The zero-order valence-corrected chi connectivity index (χ0v) is 10.2. The Morgan fingerprint density at radius 1 is 1.50 bits per heavy atom. The summed E-state index contributed by atoms with van der Waals surface area (Å²) in [5.41, 5.74) is 8.43. The number of azide groups is 1.